The minimum Gasteiger partial charge on any atom is -0.507 e. The Bertz CT molecular complexity index is 720. The van der Waals surface area contributed by atoms with Crippen LogP contribution in [0.25, 0.3) is 0 Å². The van der Waals surface area contributed by atoms with Crippen molar-refractivity contribution in [1.82, 2.24) is 5.43 Å². The van der Waals surface area contributed by atoms with Gasteiger partial charge < -0.3 is 9.52 Å². The van der Waals surface area contributed by atoms with Crippen LogP contribution in [-0.4, -0.2) is 22.2 Å². The third-order valence-corrected chi connectivity index (χ3v) is 2.70. The van der Waals surface area contributed by atoms with Gasteiger partial charge in [-0.25, -0.2) is 5.43 Å². The molecule has 1 heterocycles. The summed E-state index contributed by atoms with van der Waals surface area (Å²) in [5.41, 5.74) is 2.50. The summed E-state index contributed by atoms with van der Waals surface area (Å²) in [6.07, 6.45) is 2.50. The van der Waals surface area contributed by atoms with Crippen LogP contribution in [0.3, 0.4) is 0 Å². The molecular formula is C13H11N3O5. The van der Waals surface area contributed by atoms with Crippen molar-refractivity contribution in [3.8, 4) is 5.75 Å². The normalized spacial score (nSPS) is 10.7. The lowest BCUT2D eigenvalue weighted by molar-refractivity contribution is -0.384. The van der Waals surface area contributed by atoms with Gasteiger partial charge in [0, 0.05) is 17.7 Å². The van der Waals surface area contributed by atoms with E-state index < -0.39 is 10.8 Å². The maximum Gasteiger partial charge on any atom is 0.274 e. The highest BCUT2D eigenvalue weighted by Crippen LogP contribution is 2.21. The van der Waals surface area contributed by atoms with Gasteiger partial charge in [-0.1, -0.05) is 0 Å². The molecule has 0 aliphatic carbocycles. The van der Waals surface area contributed by atoms with Crippen LogP contribution in [0.1, 0.15) is 21.7 Å². The first-order valence-corrected chi connectivity index (χ1v) is 5.84. The molecule has 2 N–H and O–H groups in total. The number of non-ortho nitro benzene ring substituents is 1. The Balaban J connectivity index is 2.11. The molecule has 0 saturated heterocycles. The van der Waals surface area contributed by atoms with E-state index in [1.807, 2.05) is 0 Å². The first-order chi connectivity index (χ1) is 9.99. The summed E-state index contributed by atoms with van der Waals surface area (Å²) in [5, 5.41) is 23.9. The second-order valence-electron chi connectivity index (χ2n) is 4.09. The van der Waals surface area contributed by atoms with Crippen LogP contribution in [0.2, 0.25) is 0 Å². The number of hydrogen-bond donors (Lipinski definition) is 2. The summed E-state index contributed by atoms with van der Waals surface area (Å²) in [6, 6.07) is 4.99. The van der Waals surface area contributed by atoms with Crippen molar-refractivity contribution >= 4 is 17.8 Å². The number of carbonyl (C=O) groups excluding carboxylic acids is 1. The van der Waals surface area contributed by atoms with Gasteiger partial charge in [-0.3, -0.25) is 14.9 Å². The number of rotatable bonds is 4. The van der Waals surface area contributed by atoms with Crippen LogP contribution in [-0.2, 0) is 0 Å². The highest BCUT2D eigenvalue weighted by molar-refractivity contribution is 5.95. The van der Waals surface area contributed by atoms with Crippen LogP contribution in [0.5, 0.6) is 5.75 Å². The van der Waals surface area contributed by atoms with Gasteiger partial charge in [0.25, 0.3) is 11.6 Å². The smallest absolute Gasteiger partial charge is 0.274 e. The van der Waals surface area contributed by atoms with Crippen molar-refractivity contribution in [3.05, 3.63) is 57.5 Å². The maximum atomic E-state index is 11.7. The number of aromatic hydroxyl groups is 1. The third-order valence-electron chi connectivity index (χ3n) is 2.70. The van der Waals surface area contributed by atoms with Crippen molar-refractivity contribution in [3.63, 3.8) is 0 Å². The Morgan fingerprint density at radius 2 is 2.24 bits per heavy atom. The third kappa shape index (κ3) is 3.24. The summed E-state index contributed by atoms with van der Waals surface area (Å²) < 4.78 is 4.98. The monoisotopic (exact) mass is 289 g/mol. The van der Waals surface area contributed by atoms with Crippen LogP contribution in [0.4, 0.5) is 5.69 Å². The molecule has 0 aliphatic rings. The van der Waals surface area contributed by atoms with Crippen LogP contribution in [0.15, 0.2) is 40.0 Å². The number of nitro benzene ring substituents is 1. The van der Waals surface area contributed by atoms with Crippen molar-refractivity contribution in [2.24, 2.45) is 5.10 Å². The summed E-state index contributed by atoms with van der Waals surface area (Å²) >= 11 is 0. The molecule has 2 aromatic rings. The largest absolute Gasteiger partial charge is 0.507 e. The van der Waals surface area contributed by atoms with Gasteiger partial charge in [0.2, 0.25) is 0 Å². The highest BCUT2D eigenvalue weighted by atomic mass is 16.6. The van der Waals surface area contributed by atoms with Crippen molar-refractivity contribution in [2.45, 2.75) is 6.92 Å². The van der Waals surface area contributed by atoms with Gasteiger partial charge in [0.1, 0.15) is 11.5 Å². The fraction of sp³-hybridized carbons (Fsp3) is 0.0769. The molecule has 8 heteroatoms. The lowest BCUT2D eigenvalue weighted by atomic mass is 10.2. The topological polar surface area (TPSA) is 118 Å². The number of aryl methyl sites for hydroxylation is 1. The minimum absolute atomic E-state index is 0.119. The first kappa shape index (κ1) is 14.3. The molecule has 2 rings (SSSR count). The van der Waals surface area contributed by atoms with E-state index in [2.05, 4.69) is 10.5 Å². The molecule has 108 valence electrons. The van der Waals surface area contributed by atoms with Crippen molar-refractivity contribution in [1.29, 1.82) is 0 Å². The van der Waals surface area contributed by atoms with Crippen molar-refractivity contribution in [2.75, 3.05) is 0 Å². The van der Waals surface area contributed by atoms with Crippen LogP contribution >= 0.6 is 0 Å². The molecule has 0 aliphatic heterocycles. The molecule has 8 nitrogen and oxygen atoms in total. The lowest BCUT2D eigenvalue weighted by Crippen LogP contribution is -2.17. The summed E-state index contributed by atoms with van der Waals surface area (Å²) in [6.45, 7) is 1.63. The van der Waals surface area contributed by atoms with Gasteiger partial charge >= 0.3 is 0 Å². The molecule has 0 fully saturated rings. The predicted octanol–water partition coefficient (Wildman–Crippen LogP) is 1.97. The number of phenols is 1. The van der Waals surface area contributed by atoms with E-state index in [0.29, 0.717) is 11.3 Å². The summed E-state index contributed by atoms with van der Waals surface area (Å²) in [4.78, 5) is 21.8. The molecule has 0 radical (unpaired) electrons. The van der Waals surface area contributed by atoms with Crippen molar-refractivity contribution < 1.29 is 19.2 Å². The molecule has 0 bridgehead atoms. The Morgan fingerprint density at radius 1 is 1.48 bits per heavy atom. The quantitative estimate of drug-likeness (QED) is 0.506. The summed E-state index contributed by atoms with van der Waals surface area (Å²) in [7, 11) is 0. The standard InChI is InChI=1S/C13H11N3O5/c1-8-11(4-5-21-8)13(18)15-14-7-9-6-10(16(19)20)2-3-12(9)17/h2-7,17H,1H3,(H,15,18). The predicted molar refractivity (Wildman–Crippen MR) is 73.3 cm³/mol. The number of amides is 1. The number of nitrogens with zero attached hydrogens (tertiary/aromatic N) is 2. The molecule has 0 unspecified atom stereocenters. The molecule has 1 amide bonds. The second kappa shape index (κ2) is 5.87. The van der Waals surface area contributed by atoms with E-state index in [9.17, 15) is 20.0 Å². The van der Waals surface area contributed by atoms with Gasteiger partial charge in [-0.05, 0) is 19.1 Å². The Kier molecular flexibility index (Phi) is 3.98. The lowest BCUT2D eigenvalue weighted by Gasteiger charge is -2.00. The highest BCUT2D eigenvalue weighted by Gasteiger charge is 2.11. The molecule has 21 heavy (non-hydrogen) atoms. The minimum atomic E-state index is -0.593. The SMILES string of the molecule is Cc1occc1C(=O)NN=Cc1cc([N+](=O)[O-])ccc1O. The summed E-state index contributed by atoms with van der Waals surface area (Å²) in [5.74, 6) is -0.221. The van der Waals surface area contributed by atoms with E-state index in [1.165, 1.54) is 24.5 Å². The molecule has 0 saturated carbocycles. The van der Waals surface area contributed by atoms with Crippen LogP contribution in [0, 0.1) is 17.0 Å². The molecular weight excluding hydrogens is 278 g/mol. The number of carbonyl (C=O) groups is 1. The zero-order valence-corrected chi connectivity index (χ0v) is 10.9. The molecule has 0 spiro atoms. The second-order valence-corrected chi connectivity index (χ2v) is 4.09. The molecule has 0 atom stereocenters. The Labute approximate surface area is 118 Å². The number of phenolic OH excluding ortho intramolecular Hbond substituents is 1. The van der Waals surface area contributed by atoms with E-state index >= 15 is 0 Å². The van der Waals surface area contributed by atoms with Gasteiger partial charge in [-0.15, -0.1) is 0 Å². The van der Waals surface area contributed by atoms with E-state index in [-0.39, 0.29) is 17.0 Å². The number of furan rings is 1. The first-order valence-electron chi connectivity index (χ1n) is 5.84. The van der Waals surface area contributed by atoms with Crippen LogP contribution < -0.4 is 5.43 Å². The Hall–Kier alpha value is -3.16. The Morgan fingerprint density at radius 3 is 2.86 bits per heavy atom. The molecule has 1 aromatic heterocycles. The van der Waals surface area contributed by atoms with E-state index in [1.54, 1.807) is 6.92 Å². The van der Waals surface area contributed by atoms with Gasteiger partial charge in [0.05, 0.1) is 23.0 Å². The van der Waals surface area contributed by atoms with Gasteiger partial charge in [-0.2, -0.15) is 5.10 Å². The fourth-order valence-corrected chi connectivity index (χ4v) is 1.60. The maximum absolute atomic E-state index is 11.7. The number of hydrazone groups is 1. The number of nitrogens with one attached hydrogen (secondary N) is 1. The average Bonchev–Trinajstić information content (AvgIpc) is 2.86. The zero-order valence-electron chi connectivity index (χ0n) is 10.9. The fourth-order valence-electron chi connectivity index (χ4n) is 1.60. The average molecular weight is 289 g/mol. The number of hydrogen-bond acceptors (Lipinski definition) is 6. The van der Waals surface area contributed by atoms with Gasteiger partial charge in [0.15, 0.2) is 0 Å². The number of benzene rings is 1. The number of nitro groups is 1. The van der Waals surface area contributed by atoms with E-state index in [4.69, 9.17) is 4.42 Å². The van der Waals surface area contributed by atoms with E-state index in [0.717, 1.165) is 12.3 Å². The molecule has 1 aromatic carbocycles. The zero-order chi connectivity index (χ0) is 15.4.